The van der Waals surface area contributed by atoms with E-state index in [0.717, 1.165) is 12.8 Å². The van der Waals surface area contributed by atoms with Gasteiger partial charge < -0.3 is 0 Å². The van der Waals surface area contributed by atoms with Gasteiger partial charge in [0.1, 0.15) is 0 Å². The van der Waals surface area contributed by atoms with Crippen LogP contribution in [0.15, 0.2) is 11.2 Å². The van der Waals surface area contributed by atoms with Crippen molar-refractivity contribution < 1.29 is 13.2 Å². The van der Waals surface area contributed by atoms with Crippen molar-refractivity contribution in [2.75, 3.05) is 5.75 Å². The third kappa shape index (κ3) is 3.29. The first-order valence-corrected chi connectivity index (χ1v) is 8.83. The normalized spacial score (nSPS) is 16.4. The van der Waals surface area contributed by atoms with Crippen molar-refractivity contribution in [2.45, 2.75) is 51.1 Å². The third-order valence-electron chi connectivity index (χ3n) is 3.86. The Morgan fingerprint density at radius 1 is 1.45 bits per heavy atom. The zero-order valence-corrected chi connectivity index (χ0v) is 12.9. The first-order valence-electron chi connectivity index (χ1n) is 7.17. The number of rotatable bonds is 7. The minimum atomic E-state index is -3.45. The summed E-state index contributed by atoms with van der Waals surface area (Å²) in [5, 5.41) is 4.22. The van der Waals surface area contributed by atoms with Crippen molar-refractivity contribution in [3.63, 3.8) is 0 Å². The predicted molar refractivity (Wildman–Crippen MR) is 76.5 cm³/mol. The van der Waals surface area contributed by atoms with Gasteiger partial charge in [-0.15, -0.1) is 0 Å². The largest absolute Gasteiger partial charge is 0.298 e. The quantitative estimate of drug-likeness (QED) is 0.724. The zero-order valence-electron chi connectivity index (χ0n) is 12.1. The van der Waals surface area contributed by atoms with Crippen LogP contribution in [-0.2, 0) is 16.4 Å². The van der Waals surface area contributed by atoms with Gasteiger partial charge in [-0.05, 0) is 31.1 Å². The number of aldehydes is 1. The lowest BCUT2D eigenvalue weighted by Gasteiger charge is -2.25. The number of carbonyl (C=O) groups excluding carboxylic acids is 1. The molecule has 5 nitrogen and oxygen atoms in total. The molecular formula is C14H22N2O3S. The maximum Gasteiger partial charge on any atom is 0.196 e. The summed E-state index contributed by atoms with van der Waals surface area (Å²) < 4.78 is 26.4. The third-order valence-corrected chi connectivity index (χ3v) is 5.67. The standard InChI is InChI=1S/C14H22N2O3S/c1-11(2)6-7-20(18,19)14-13(10-17)8-15-16(14)9-12-4-3-5-12/h8,10-12H,3-7,9H2,1-2H3. The van der Waals surface area contributed by atoms with Crippen LogP contribution in [0.3, 0.4) is 0 Å². The van der Waals surface area contributed by atoms with Crippen LogP contribution >= 0.6 is 0 Å². The SMILES string of the molecule is CC(C)CCS(=O)(=O)c1c(C=O)cnn1CC1CCC1. The fourth-order valence-electron chi connectivity index (χ4n) is 2.35. The van der Waals surface area contributed by atoms with Crippen molar-refractivity contribution in [1.82, 2.24) is 9.78 Å². The van der Waals surface area contributed by atoms with E-state index in [1.807, 2.05) is 13.8 Å². The molecule has 0 N–H and O–H groups in total. The molecule has 1 aliphatic rings. The van der Waals surface area contributed by atoms with E-state index in [-0.39, 0.29) is 16.3 Å². The second-order valence-electron chi connectivity index (χ2n) is 6.00. The molecule has 1 fully saturated rings. The van der Waals surface area contributed by atoms with Crippen LogP contribution < -0.4 is 0 Å². The fourth-order valence-corrected chi connectivity index (χ4v) is 4.22. The van der Waals surface area contributed by atoms with Crippen molar-refractivity contribution in [3.8, 4) is 0 Å². The van der Waals surface area contributed by atoms with Crippen LogP contribution in [0.2, 0.25) is 0 Å². The highest BCUT2D eigenvalue weighted by molar-refractivity contribution is 7.91. The highest BCUT2D eigenvalue weighted by Crippen LogP contribution is 2.29. The molecule has 1 aromatic heterocycles. The Kier molecular flexibility index (Phi) is 4.62. The molecule has 1 aromatic rings. The molecule has 6 heteroatoms. The molecular weight excluding hydrogens is 276 g/mol. The molecule has 0 unspecified atom stereocenters. The molecule has 1 saturated carbocycles. The van der Waals surface area contributed by atoms with E-state index in [0.29, 0.717) is 31.1 Å². The summed E-state index contributed by atoms with van der Waals surface area (Å²) in [6.45, 7) is 4.58. The van der Waals surface area contributed by atoms with Crippen molar-refractivity contribution in [2.24, 2.45) is 11.8 Å². The topological polar surface area (TPSA) is 69.0 Å². The van der Waals surface area contributed by atoms with Crippen molar-refractivity contribution in [1.29, 1.82) is 0 Å². The van der Waals surface area contributed by atoms with Gasteiger partial charge in [-0.3, -0.25) is 9.48 Å². The lowest BCUT2D eigenvalue weighted by Crippen LogP contribution is -2.23. The highest BCUT2D eigenvalue weighted by Gasteiger charge is 2.27. The second kappa shape index (κ2) is 6.08. The van der Waals surface area contributed by atoms with Gasteiger partial charge in [0.25, 0.3) is 0 Å². The van der Waals surface area contributed by atoms with Crippen LogP contribution in [0, 0.1) is 11.8 Å². The van der Waals surface area contributed by atoms with Gasteiger partial charge in [0.2, 0.25) is 0 Å². The minimum absolute atomic E-state index is 0.0713. The maximum atomic E-state index is 12.5. The number of carbonyl (C=O) groups is 1. The fraction of sp³-hybridized carbons (Fsp3) is 0.714. The van der Waals surface area contributed by atoms with Gasteiger partial charge in [0, 0.05) is 6.54 Å². The zero-order chi connectivity index (χ0) is 14.8. The molecule has 0 radical (unpaired) electrons. The van der Waals surface area contributed by atoms with E-state index in [1.165, 1.54) is 17.3 Å². The van der Waals surface area contributed by atoms with E-state index in [1.54, 1.807) is 0 Å². The number of aromatic nitrogens is 2. The van der Waals surface area contributed by atoms with Gasteiger partial charge >= 0.3 is 0 Å². The molecule has 0 bridgehead atoms. The van der Waals surface area contributed by atoms with Gasteiger partial charge in [-0.25, -0.2) is 8.42 Å². The molecule has 1 aliphatic carbocycles. The maximum absolute atomic E-state index is 12.5. The van der Waals surface area contributed by atoms with Crippen LogP contribution in [0.5, 0.6) is 0 Å². The summed E-state index contributed by atoms with van der Waals surface area (Å²) in [5.41, 5.74) is 0.188. The molecule has 0 aliphatic heterocycles. The summed E-state index contributed by atoms with van der Waals surface area (Å²) >= 11 is 0. The predicted octanol–water partition coefficient (Wildman–Crippen LogP) is 2.32. The van der Waals surface area contributed by atoms with Crippen LogP contribution in [-0.4, -0.2) is 30.2 Å². The van der Waals surface area contributed by atoms with Gasteiger partial charge in [-0.2, -0.15) is 5.10 Å². The van der Waals surface area contributed by atoms with Crippen LogP contribution in [0.25, 0.3) is 0 Å². The smallest absolute Gasteiger partial charge is 0.196 e. The van der Waals surface area contributed by atoms with E-state index in [9.17, 15) is 13.2 Å². The Hall–Kier alpha value is -1.17. The van der Waals surface area contributed by atoms with E-state index in [2.05, 4.69) is 5.10 Å². The van der Waals surface area contributed by atoms with Gasteiger partial charge in [0.15, 0.2) is 21.1 Å². The Balaban J connectivity index is 2.26. The lowest BCUT2D eigenvalue weighted by atomic mass is 9.85. The first kappa shape index (κ1) is 15.2. The van der Waals surface area contributed by atoms with Crippen LogP contribution in [0.4, 0.5) is 0 Å². The molecule has 2 rings (SSSR count). The number of sulfone groups is 1. The molecule has 1 heterocycles. The second-order valence-corrected chi connectivity index (χ2v) is 8.03. The Bertz CT molecular complexity index is 571. The average molecular weight is 298 g/mol. The average Bonchev–Trinajstić information content (AvgIpc) is 2.75. The van der Waals surface area contributed by atoms with Crippen molar-refractivity contribution in [3.05, 3.63) is 11.8 Å². The molecule has 20 heavy (non-hydrogen) atoms. The Morgan fingerprint density at radius 2 is 2.15 bits per heavy atom. The summed E-state index contributed by atoms with van der Waals surface area (Å²) in [4.78, 5) is 11.1. The van der Waals surface area contributed by atoms with Gasteiger partial charge in [-0.1, -0.05) is 20.3 Å². The molecule has 0 amide bonds. The summed E-state index contributed by atoms with van der Waals surface area (Å²) in [7, 11) is -3.45. The molecule has 0 atom stereocenters. The Labute approximate surface area is 120 Å². The number of hydrogen-bond acceptors (Lipinski definition) is 4. The Morgan fingerprint density at radius 3 is 2.65 bits per heavy atom. The van der Waals surface area contributed by atoms with E-state index < -0.39 is 9.84 Å². The molecule has 0 spiro atoms. The number of nitrogens with zero attached hydrogens (tertiary/aromatic N) is 2. The van der Waals surface area contributed by atoms with Crippen molar-refractivity contribution >= 4 is 16.1 Å². The molecule has 0 aromatic carbocycles. The highest BCUT2D eigenvalue weighted by atomic mass is 32.2. The summed E-state index contributed by atoms with van der Waals surface area (Å²) in [5.74, 6) is 0.878. The summed E-state index contributed by atoms with van der Waals surface area (Å²) in [6.07, 6.45) is 5.97. The molecule has 0 saturated heterocycles. The monoisotopic (exact) mass is 298 g/mol. The van der Waals surface area contributed by atoms with E-state index in [4.69, 9.17) is 0 Å². The minimum Gasteiger partial charge on any atom is -0.298 e. The van der Waals surface area contributed by atoms with Crippen LogP contribution in [0.1, 0.15) is 49.9 Å². The number of hydrogen-bond donors (Lipinski definition) is 0. The van der Waals surface area contributed by atoms with Gasteiger partial charge in [0.05, 0.1) is 17.5 Å². The first-order chi connectivity index (χ1) is 9.44. The van der Waals surface area contributed by atoms with E-state index >= 15 is 0 Å². The molecule has 112 valence electrons. The lowest BCUT2D eigenvalue weighted by molar-refractivity contribution is 0.111. The summed E-state index contributed by atoms with van der Waals surface area (Å²) in [6, 6.07) is 0.